The van der Waals surface area contributed by atoms with Gasteiger partial charge in [0, 0.05) is 0 Å². The van der Waals surface area contributed by atoms with Gasteiger partial charge in [-0.1, -0.05) is 42.0 Å². The molecule has 0 saturated heterocycles. The summed E-state index contributed by atoms with van der Waals surface area (Å²) in [5, 5.41) is 0. The zero-order chi connectivity index (χ0) is 14.7. The SMILES string of the molecule is Cc1ccc(C(N)C(C)Oc2cccc(C)c2C)cc1. The zero-order valence-corrected chi connectivity index (χ0v) is 12.7. The Kier molecular flexibility index (Phi) is 4.46. The predicted octanol–water partition coefficient (Wildman–Crippen LogP) is 4.08. The maximum Gasteiger partial charge on any atom is 0.122 e. The standard InChI is InChI=1S/C18H23NO/c1-12-8-10-16(11-9-12)18(19)15(4)20-17-7-5-6-13(2)14(17)3/h5-11,15,18H,19H2,1-4H3. The fourth-order valence-corrected chi connectivity index (χ4v) is 2.19. The van der Waals surface area contributed by atoms with Crippen LogP contribution < -0.4 is 10.5 Å². The second-order valence-corrected chi connectivity index (χ2v) is 5.46. The number of hydrogen-bond donors (Lipinski definition) is 1. The Balaban J connectivity index is 2.13. The number of ether oxygens (including phenoxy) is 1. The molecular weight excluding hydrogens is 246 g/mol. The van der Waals surface area contributed by atoms with Crippen LogP contribution in [0.25, 0.3) is 0 Å². The van der Waals surface area contributed by atoms with Crippen molar-refractivity contribution in [1.82, 2.24) is 0 Å². The second-order valence-electron chi connectivity index (χ2n) is 5.46. The third kappa shape index (κ3) is 3.20. The van der Waals surface area contributed by atoms with Gasteiger partial charge < -0.3 is 10.5 Å². The number of hydrogen-bond acceptors (Lipinski definition) is 2. The Morgan fingerprint density at radius 3 is 2.25 bits per heavy atom. The molecule has 2 rings (SSSR count). The summed E-state index contributed by atoms with van der Waals surface area (Å²) in [7, 11) is 0. The number of nitrogens with two attached hydrogens (primary N) is 1. The molecule has 2 aromatic carbocycles. The van der Waals surface area contributed by atoms with Crippen LogP contribution in [0.4, 0.5) is 0 Å². The van der Waals surface area contributed by atoms with Crippen LogP contribution >= 0.6 is 0 Å². The quantitative estimate of drug-likeness (QED) is 0.907. The minimum absolute atomic E-state index is 0.0711. The van der Waals surface area contributed by atoms with Crippen LogP contribution in [-0.4, -0.2) is 6.10 Å². The number of aryl methyl sites for hydroxylation is 2. The van der Waals surface area contributed by atoms with Crippen LogP contribution in [0.3, 0.4) is 0 Å². The Morgan fingerprint density at radius 2 is 1.60 bits per heavy atom. The highest BCUT2D eigenvalue weighted by atomic mass is 16.5. The molecule has 106 valence electrons. The maximum atomic E-state index is 6.30. The van der Waals surface area contributed by atoms with Gasteiger partial charge in [-0.05, 0) is 50.5 Å². The summed E-state index contributed by atoms with van der Waals surface area (Å²) in [5.41, 5.74) is 11.1. The molecule has 0 spiro atoms. The van der Waals surface area contributed by atoms with Crippen molar-refractivity contribution in [2.24, 2.45) is 5.73 Å². The summed E-state index contributed by atoms with van der Waals surface area (Å²) in [5.74, 6) is 0.917. The highest BCUT2D eigenvalue weighted by Crippen LogP contribution is 2.25. The van der Waals surface area contributed by atoms with E-state index in [2.05, 4.69) is 51.1 Å². The second kappa shape index (κ2) is 6.10. The lowest BCUT2D eigenvalue weighted by Gasteiger charge is -2.23. The first kappa shape index (κ1) is 14.6. The molecule has 2 heteroatoms. The van der Waals surface area contributed by atoms with Crippen LogP contribution in [0, 0.1) is 20.8 Å². The summed E-state index contributed by atoms with van der Waals surface area (Å²) >= 11 is 0. The van der Waals surface area contributed by atoms with Gasteiger partial charge in [-0.15, -0.1) is 0 Å². The predicted molar refractivity (Wildman–Crippen MR) is 84.1 cm³/mol. The average molecular weight is 269 g/mol. The lowest BCUT2D eigenvalue weighted by Crippen LogP contribution is -2.29. The summed E-state index contributed by atoms with van der Waals surface area (Å²) in [4.78, 5) is 0. The van der Waals surface area contributed by atoms with Crippen molar-refractivity contribution in [3.8, 4) is 5.75 Å². The fraction of sp³-hybridized carbons (Fsp3) is 0.333. The molecule has 0 amide bonds. The van der Waals surface area contributed by atoms with Crippen molar-refractivity contribution >= 4 is 0 Å². The third-order valence-corrected chi connectivity index (χ3v) is 3.84. The molecule has 2 N–H and O–H groups in total. The first-order chi connectivity index (χ1) is 9.49. The molecule has 2 nitrogen and oxygen atoms in total. The zero-order valence-electron chi connectivity index (χ0n) is 12.7. The minimum atomic E-state index is -0.129. The molecule has 0 heterocycles. The molecule has 0 aliphatic rings. The van der Waals surface area contributed by atoms with Gasteiger partial charge in [-0.2, -0.15) is 0 Å². The summed E-state index contributed by atoms with van der Waals surface area (Å²) < 4.78 is 6.05. The van der Waals surface area contributed by atoms with E-state index >= 15 is 0 Å². The Hall–Kier alpha value is -1.80. The molecule has 0 aromatic heterocycles. The van der Waals surface area contributed by atoms with E-state index in [1.807, 2.05) is 19.1 Å². The van der Waals surface area contributed by atoms with E-state index in [-0.39, 0.29) is 12.1 Å². The highest BCUT2D eigenvalue weighted by molar-refractivity contribution is 5.38. The molecule has 2 atom stereocenters. The molecule has 0 aliphatic carbocycles. The lowest BCUT2D eigenvalue weighted by atomic mass is 10.0. The van der Waals surface area contributed by atoms with E-state index in [1.165, 1.54) is 16.7 Å². The van der Waals surface area contributed by atoms with E-state index < -0.39 is 0 Å². The van der Waals surface area contributed by atoms with E-state index in [9.17, 15) is 0 Å². The van der Waals surface area contributed by atoms with Crippen LogP contribution in [0.15, 0.2) is 42.5 Å². The van der Waals surface area contributed by atoms with Gasteiger partial charge in [0.05, 0.1) is 6.04 Å². The lowest BCUT2D eigenvalue weighted by molar-refractivity contribution is 0.189. The van der Waals surface area contributed by atoms with Crippen LogP contribution in [0.2, 0.25) is 0 Å². The normalized spacial score (nSPS) is 13.8. The molecule has 0 bridgehead atoms. The highest BCUT2D eigenvalue weighted by Gasteiger charge is 2.17. The number of benzene rings is 2. The van der Waals surface area contributed by atoms with Gasteiger partial charge in [0.25, 0.3) is 0 Å². The van der Waals surface area contributed by atoms with Crippen LogP contribution in [0.1, 0.15) is 35.2 Å². The van der Waals surface area contributed by atoms with Gasteiger partial charge in [-0.25, -0.2) is 0 Å². The average Bonchev–Trinajstić information content (AvgIpc) is 2.44. The van der Waals surface area contributed by atoms with Gasteiger partial charge in [-0.3, -0.25) is 0 Å². The summed E-state index contributed by atoms with van der Waals surface area (Å²) in [6.07, 6.45) is -0.0711. The monoisotopic (exact) mass is 269 g/mol. The van der Waals surface area contributed by atoms with Crippen molar-refractivity contribution < 1.29 is 4.74 Å². The molecule has 2 unspecified atom stereocenters. The summed E-state index contributed by atoms with van der Waals surface area (Å²) in [6, 6.07) is 14.3. The van der Waals surface area contributed by atoms with Crippen molar-refractivity contribution in [1.29, 1.82) is 0 Å². The minimum Gasteiger partial charge on any atom is -0.488 e. The van der Waals surface area contributed by atoms with Gasteiger partial charge in [0.2, 0.25) is 0 Å². The Labute approximate surface area is 121 Å². The molecule has 20 heavy (non-hydrogen) atoms. The van der Waals surface area contributed by atoms with E-state index in [1.54, 1.807) is 0 Å². The van der Waals surface area contributed by atoms with Crippen LogP contribution in [-0.2, 0) is 0 Å². The Morgan fingerprint density at radius 1 is 0.950 bits per heavy atom. The first-order valence-electron chi connectivity index (χ1n) is 7.04. The fourth-order valence-electron chi connectivity index (χ4n) is 2.19. The van der Waals surface area contributed by atoms with E-state index in [0.717, 1.165) is 11.3 Å². The first-order valence-corrected chi connectivity index (χ1v) is 7.04. The molecule has 0 saturated carbocycles. The van der Waals surface area contributed by atoms with Crippen LogP contribution in [0.5, 0.6) is 5.75 Å². The Bertz CT molecular complexity index is 574. The van der Waals surface area contributed by atoms with Crippen molar-refractivity contribution in [3.63, 3.8) is 0 Å². The largest absolute Gasteiger partial charge is 0.488 e. The molecule has 0 radical (unpaired) electrons. The topological polar surface area (TPSA) is 35.2 Å². The number of rotatable bonds is 4. The summed E-state index contributed by atoms with van der Waals surface area (Å²) in [6.45, 7) is 8.26. The van der Waals surface area contributed by atoms with Gasteiger partial charge >= 0.3 is 0 Å². The van der Waals surface area contributed by atoms with Gasteiger partial charge in [0.1, 0.15) is 11.9 Å². The maximum absolute atomic E-state index is 6.30. The molecule has 0 aliphatic heterocycles. The van der Waals surface area contributed by atoms with Crippen molar-refractivity contribution in [2.45, 2.75) is 39.8 Å². The van der Waals surface area contributed by atoms with Crippen molar-refractivity contribution in [2.75, 3.05) is 0 Å². The molecule has 2 aromatic rings. The smallest absolute Gasteiger partial charge is 0.122 e. The van der Waals surface area contributed by atoms with E-state index in [4.69, 9.17) is 10.5 Å². The van der Waals surface area contributed by atoms with E-state index in [0.29, 0.717) is 0 Å². The van der Waals surface area contributed by atoms with Gasteiger partial charge in [0.15, 0.2) is 0 Å². The molecular formula is C18H23NO. The molecule has 0 fully saturated rings. The van der Waals surface area contributed by atoms with Crippen molar-refractivity contribution in [3.05, 3.63) is 64.7 Å². The third-order valence-electron chi connectivity index (χ3n) is 3.84.